The molecule has 1 amide bonds. The first-order chi connectivity index (χ1) is 14.3. The molecule has 0 aliphatic carbocycles. The van der Waals surface area contributed by atoms with Crippen molar-refractivity contribution in [1.82, 2.24) is 10.6 Å². The Bertz CT molecular complexity index is 1050. The van der Waals surface area contributed by atoms with E-state index in [0.717, 1.165) is 29.4 Å². The highest BCUT2D eigenvalue weighted by molar-refractivity contribution is 5.85. The first-order valence-electron chi connectivity index (χ1n) is 10.8. The summed E-state index contributed by atoms with van der Waals surface area (Å²) >= 11 is 0. The molecule has 1 aliphatic rings. The third-order valence-corrected chi connectivity index (χ3v) is 5.64. The maximum atomic E-state index is 12.8. The van der Waals surface area contributed by atoms with Gasteiger partial charge in [-0.15, -0.1) is 0 Å². The lowest BCUT2D eigenvalue weighted by atomic mass is 9.79. The predicted octanol–water partition coefficient (Wildman–Crippen LogP) is 4.02. The molecule has 3 rings (SSSR count). The lowest BCUT2D eigenvalue weighted by Crippen LogP contribution is -2.62. The Morgan fingerprint density at radius 2 is 1.90 bits per heavy atom. The van der Waals surface area contributed by atoms with Crippen LogP contribution >= 0.6 is 0 Å². The van der Waals surface area contributed by atoms with E-state index in [1.54, 1.807) is 6.07 Å². The van der Waals surface area contributed by atoms with E-state index in [0.29, 0.717) is 23.5 Å². The average molecular weight is 427 g/mol. The highest BCUT2D eigenvalue weighted by Crippen LogP contribution is 2.29. The van der Waals surface area contributed by atoms with Gasteiger partial charge in [0, 0.05) is 28.6 Å². The summed E-state index contributed by atoms with van der Waals surface area (Å²) in [4.78, 5) is 25.5. The van der Waals surface area contributed by atoms with Crippen LogP contribution in [0.25, 0.3) is 11.0 Å². The molecule has 1 aromatic heterocycles. The Hall–Kier alpha value is -2.60. The molecule has 2 N–H and O–H groups in total. The monoisotopic (exact) mass is 426 g/mol. The predicted molar refractivity (Wildman–Crippen MR) is 124 cm³/mol. The van der Waals surface area contributed by atoms with E-state index in [1.165, 1.54) is 0 Å². The van der Waals surface area contributed by atoms with Gasteiger partial charge in [-0.1, -0.05) is 6.58 Å². The maximum Gasteiger partial charge on any atom is 0.340 e. The second-order valence-corrected chi connectivity index (χ2v) is 10.1. The number of fused-ring (bicyclic) bond motifs is 1. The average Bonchev–Trinajstić information content (AvgIpc) is 2.60. The van der Waals surface area contributed by atoms with E-state index in [-0.39, 0.29) is 29.4 Å². The highest BCUT2D eigenvalue weighted by atomic mass is 16.5. The summed E-state index contributed by atoms with van der Waals surface area (Å²) < 4.78 is 11.2. The van der Waals surface area contributed by atoms with Crippen LogP contribution in [0.1, 0.15) is 58.6 Å². The van der Waals surface area contributed by atoms with Crippen molar-refractivity contribution in [3.05, 3.63) is 51.9 Å². The number of ether oxygens (including phenoxy) is 1. The quantitative estimate of drug-likeness (QED) is 0.539. The number of rotatable bonds is 6. The molecule has 6 nitrogen and oxygen atoms in total. The molecule has 1 aromatic carbocycles. The fourth-order valence-corrected chi connectivity index (χ4v) is 4.74. The molecule has 6 heteroatoms. The Balaban J connectivity index is 1.78. The number of piperidine rings is 1. The summed E-state index contributed by atoms with van der Waals surface area (Å²) in [5, 5.41) is 7.54. The van der Waals surface area contributed by atoms with Crippen LogP contribution in [0.3, 0.4) is 0 Å². The molecule has 0 unspecified atom stereocenters. The zero-order valence-corrected chi connectivity index (χ0v) is 19.5. The number of aryl methyl sites for hydroxylation is 1. The van der Waals surface area contributed by atoms with Gasteiger partial charge in [0.05, 0.1) is 12.0 Å². The number of carbonyl (C=O) groups excluding carboxylic acids is 1. The van der Waals surface area contributed by atoms with Crippen molar-refractivity contribution < 1.29 is 13.9 Å². The van der Waals surface area contributed by atoms with Crippen LogP contribution in [0.2, 0.25) is 0 Å². The molecule has 168 valence electrons. The number of benzene rings is 1. The topological polar surface area (TPSA) is 80.6 Å². The van der Waals surface area contributed by atoms with E-state index >= 15 is 0 Å². The van der Waals surface area contributed by atoms with Crippen LogP contribution in [-0.4, -0.2) is 29.6 Å². The fourth-order valence-electron chi connectivity index (χ4n) is 4.74. The summed E-state index contributed by atoms with van der Waals surface area (Å²) in [7, 11) is 0. The van der Waals surface area contributed by atoms with Crippen molar-refractivity contribution in [3.63, 3.8) is 0 Å². The Morgan fingerprint density at radius 3 is 2.52 bits per heavy atom. The second-order valence-electron chi connectivity index (χ2n) is 10.1. The van der Waals surface area contributed by atoms with Crippen molar-refractivity contribution in [2.75, 3.05) is 6.61 Å². The minimum Gasteiger partial charge on any atom is -0.489 e. The van der Waals surface area contributed by atoms with Gasteiger partial charge in [0.15, 0.2) is 0 Å². The summed E-state index contributed by atoms with van der Waals surface area (Å²) in [5.41, 5.74) is 1.89. The molecule has 0 saturated carbocycles. The molecule has 1 fully saturated rings. The lowest BCUT2D eigenvalue weighted by Gasteiger charge is -2.46. The Labute approximate surface area is 184 Å². The summed E-state index contributed by atoms with van der Waals surface area (Å²) in [5.74, 6) is 0.453. The number of carbonyl (C=O) groups is 1. The van der Waals surface area contributed by atoms with Crippen molar-refractivity contribution in [3.8, 4) is 5.75 Å². The molecule has 1 aliphatic heterocycles. The van der Waals surface area contributed by atoms with Crippen molar-refractivity contribution in [2.24, 2.45) is 0 Å². The van der Waals surface area contributed by atoms with E-state index < -0.39 is 5.63 Å². The van der Waals surface area contributed by atoms with Crippen LogP contribution < -0.4 is 21.0 Å². The molecule has 31 heavy (non-hydrogen) atoms. The van der Waals surface area contributed by atoms with Crippen LogP contribution in [0.15, 0.2) is 39.6 Å². The number of hydrogen-bond acceptors (Lipinski definition) is 5. The smallest absolute Gasteiger partial charge is 0.340 e. The minimum atomic E-state index is -0.483. The van der Waals surface area contributed by atoms with Gasteiger partial charge in [-0.05, 0) is 77.7 Å². The minimum absolute atomic E-state index is 0.00278. The molecule has 0 bridgehead atoms. The summed E-state index contributed by atoms with van der Waals surface area (Å²) in [6.45, 7) is 16.5. The van der Waals surface area contributed by atoms with Gasteiger partial charge in [0.25, 0.3) is 0 Å². The van der Waals surface area contributed by atoms with Crippen LogP contribution in [-0.2, 0) is 11.2 Å². The van der Waals surface area contributed by atoms with Crippen LogP contribution in [0.5, 0.6) is 5.75 Å². The van der Waals surface area contributed by atoms with Gasteiger partial charge in [-0.3, -0.25) is 4.79 Å². The lowest BCUT2D eigenvalue weighted by molar-refractivity contribution is -0.121. The maximum absolute atomic E-state index is 12.8. The molecular formula is C25H34N2O4. The highest BCUT2D eigenvalue weighted by Gasteiger charge is 2.38. The summed E-state index contributed by atoms with van der Waals surface area (Å²) in [6.07, 6.45) is 1.67. The largest absolute Gasteiger partial charge is 0.489 e. The van der Waals surface area contributed by atoms with Gasteiger partial charge in [-0.25, -0.2) is 4.79 Å². The van der Waals surface area contributed by atoms with E-state index in [4.69, 9.17) is 9.15 Å². The molecule has 0 spiro atoms. The summed E-state index contributed by atoms with van der Waals surface area (Å²) in [6, 6.07) is 5.46. The number of amides is 1. The van der Waals surface area contributed by atoms with Crippen LogP contribution in [0.4, 0.5) is 0 Å². The fraction of sp³-hybridized carbons (Fsp3) is 0.520. The standard InChI is InChI=1S/C25H34N2O4/c1-15(2)14-30-18-8-9-19-16(3)20(23(29)31-21(19)10-18)11-22(28)26-17-12-24(4,5)27-25(6,7)13-17/h8-10,17,27H,1,11-14H2,2-7H3,(H,26,28). The third-order valence-electron chi connectivity index (χ3n) is 5.64. The zero-order valence-electron chi connectivity index (χ0n) is 19.5. The van der Waals surface area contributed by atoms with E-state index in [1.807, 2.05) is 26.0 Å². The van der Waals surface area contributed by atoms with Gasteiger partial charge < -0.3 is 19.8 Å². The van der Waals surface area contributed by atoms with Crippen LogP contribution in [0, 0.1) is 6.92 Å². The Morgan fingerprint density at radius 1 is 1.26 bits per heavy atom. The van der Waals surface area contributed by atoms with E-state index in [2.05, 4.69) is 44.9 Å². The molecule has 0 atom stereocenters. The van der Waals surface area contributed by atoms with E-state index in [9.17, 15) is 9.59 Å². The molecule has 2 aromatic rings. The van der Waals surface area contributed by atoms with Crippen molar-refractivity contribution in [1.29, 1.82) is 0 Å². The second kappa shape index (κ2) is 8.50. The van der Waals surface area contributed by atoms with Gasteiger partial charge in [-0.2, -0.15) is 0 Å². The third kappa shape index (κ3) is 5.76. The van der Waals surface area contributed by atoms with Gasteiger partial charge >= 0.3 is 5.63 Å². The van der Waals surface area contributed by atoms with Crippen molar-refractivity contribution in [2.45, 2.75) is 77.9 Å². The Kier molecular flexibility index (Phi) is 6.33. The van der Waals surface area contributed by atoms with Crippen molar-refractivity contribution >= 4 is 16.9 Å². The first-order valence-corrected chi connectivity index (χ1v) is 10.8. The van der Waals surface area contributed by atoms with Gasteiger partial charge in [0.1, 0.15) is 17.9 Å². The molecule has 2 heterocycles. The normalized spacial score (nSPS) is 18.0. The molecule has 1 saturated heterocycles. The molecular weight excluding hydrogens is 392 g/mol. The molecule has 0 radical (unpaired) electrons. The SMILES string of the molecule is C=C(C)COc1ccc2c(C)c(CC(=O)NC3CC(C)(C)NC(C)(C)C3)c(=O)oc2c1. The van der Waals surface area contributed by atoms with Gasteiger partial charge in [0.2, 0.25) is 5.91 Å². The first kappa shape index (κ1) is 23.1. The zero-order chi connectivity index (χ0) is 23.0. The number of nitrogens with one attached hydrogen (secondary N) is 2. The number of hydrogen-bond donors (Lipinski definition) is 2.